The van der Waals surface area contributed by atoms with Gasteiger partial charge in [0.1, 0.15) is 0 Å². The number of sulfonamides is 1. The molecule has 100 valence electrons. The summed E-state index contributed by atoms with van der Waals surface area (Å²) in [4.78, 5) is 5.47. The maximum atomic E-state index is 12.5. The molecule has 1 aliphatic rings. The number of nitrogens with zero attached hydrogens (tertiary/aromatic N) is 1. The van der Waals surface area contributed by atoms with Gasteiger partial charge in [-0.3, -0.25) is 4.84 Å². The van der Waals surface area contributed by atoms with Gasteiger partial charge in [0.15, 0.2) is 0 Å². The molecular weight excluding hydrogens is 252 g/mol. The third-order valence-corrected chi connectivity index (χ3v) is 4.86. The molecule has 1 heterocycles. The average molecular weight is 270 g/mol. The van der Waals surface area contributed by atoms with Gasteiger partial charge in [0.05, 0.1) is 11.5 Å². The van der Waals surface area contributed by atoms with Crippen LogP contribution in [-0.4, -0.2) is 26.0 Å². The molecule has 1 saturated heterocycles. The molecule has 2 rings (SSSR count). The maximum Gasteiger partial charge on any atom is 0.265 e. The molecule has 1 aromatic rings. The summed E-state index contributed by atoms with van der Waals surface area (Å²) < 4.78 is 26.0. The lowest BCUT2D eigenvalue weighted by Crippen LogP contribution is -2.36. The topological polar surface area (TPSA) is 72.6 Å². The van der Waals surface area contributed by atoms with E-state index in [1.54, 1.807) is 19.1 Å². The van der Waals surface area contributed by atoms with E-state index in [0.29, 0.717) is 24.4 Å². The second-order valence-corrected chi connectivity index (χ2v) is 6.35. The number of hydrogen-bond donors (Lipinski definition) is 1. The second-order valence-electron chi connectivity index (χ2n) is 4.55. The molecule has 0 amide bonds. The van der Waals surface area contributed by atoms with Crippen molar-refractivity contribution >= 4 is 15.7 Å². The highest BCUT2D eigenvalue weighted by atomic mass is 32.2. The van der Waals surface area contributed by atoms with Gasteiger partial charge in [0, 0.05) is 12.2 Å². The van der Waals surface area contributed by atoms with Crippen LogP contribution in [0.15, 0.2) is 17.0 Å². The summed E-state index contributed by atoms with van der Waals surface area (Å²) in [5.41, 5.74) is 7.72. The minimum Gasteiger partial charge on any atom is -0.398 e. The highest BCUT2D eigenvalue weighted by molar-refractivity contribution is 7.89. The molecule has 1 aromatic carbocycles. The summed E-state index contributed by atoms with van der Waals surface area (Å²) in [5.74, 6) is 0. The van der Waals surface area contributed by atoms with Gasteiger partial charge in [0.25, 0.3) is 10.0 Å². The van der Waals surface area contributed by atoms with E-state index >= 15 is 0 Å². The fraction of sp³-hybridized carbons (Fsp3) is 0.500. The standard InChI is InChI=1S/C12H18N2O3S/c1-9-7-11(13)10(2)12(8-9)18(15,16)14-5-3-4-6-17-14/h7-8H,3-6,13H2,1-2H3. The molecule has 1 aliphatic heterocycles. The first kappa shape index (κ1) is 13.3. The van der Waals surface area contributed by atoms with Crippen LogP contribution < -0.4 is 5.73 Å². The average Bonchev–Trinajstić information content (AvgIpc) is 2.34. The molecule has 18 heavy (non-hydrogen) atoms. The number of hydroxylamine groups is 1. The minimum absolute atomic E-state index is 0.238. The fourth-order valence-corrected chi connectivity index (χ4v) is 3.64. The van der Waals surface area contributed by atoms with Gasteiger partial charge < -0.3 is 5.73 Å². The number of nitrogens with two attached hydrogens (primary N) is 1. The van der Waals surface area contributed by atoms with Crippen LogP contribution in [0.25, 0.3) is 0 Å². The van der Waals surface area contributed by atoms with Gasteiger partial charge in [-0.05, 0) is 49.9 Å². The highest BCUT2D eigenvalue weighted by Gasteiger charge is 2.29. The molecule has 0 aliphatic carbocycles. The smallest absolute Gasteiger partial charge is 0.265 e. The van der Waals surface area contributed by atoms with Crippen LogP contribution in [0.1, 0.15) is 24.0 Å². The summed E-state index contributed by atoms with van der Waals surface area (Å²) in [5, 5.41) is 0. The van der Waals surface area contributed by atoms with E-state index in [-0.39, 0.29) is 4.90 Å². The van der Waals surface area contributed by atoms with E-state index in [9.17, 15) is 8.42 Å². The Balaban J connectivity index is 2.46. The summed E-state index contributed by atoms with van der Waals surface area (Å²) in [6, 6.07) is 3.41. The van der Waals surface area contributed by atoms with Crippen molar-refractivity contribution in [2.45, 2.75) is 31.6 Å². The van der Waals surface area contributed by atoms with Crippen LogP contribution in [0.2, 0.25) is 0 Å². The molecule has 0 saturated carbocycles. The minimum atomic E-state index is -3.61. The number of hydrogen-bond acceptors (Lipinski definition) is 4. The van der Waals surface area contributed by atoms with Crippen molar-refractivity contribution in [3.8, 4) is 0 Å². The number of nitrogen functional groups attached to an aromatic ring is 1. The van der Waals surface area contributed by atoms with E-state index in [2.05, 4.69) is 0 Å². The lowest BCUT2D eigenvalue weighted by atomic mass is 10.1. The number of aryl methyl sites for hydroxylation is 1. The largest absolute Gasteiger partial charge is 0.398 e. The van der Waals surface area contributed by atoms with Crippen molar-refractivity contribution < 1.29 is 13.3 Å². The Morgan fingerprint density at radius 2 is 2.00 bits per heavy atom. The lowest BCUT2D eigenvalue weighted by molar-refractivity contribution is -0.108. The monoisotopic (exact) mass is 270 g/mol. The molecule has 5 nitrogen and oxygen atoms in total. The SMILES string of the molecule is Cc1cc(N)c(C)c(S(=O)(=O)N2CCCCO2)c1. The molecule has 0 radical (unpaired) electrons. The molecule has 0 unspecified atom stereocenters. The van der Waals surface area contributed by atoms with Gasteiger partial charge in [-0.2, -0.15) is 0 Å². The molecule has 2 N–H and O–H groups in total. The second kappa shape index (κ2) is 4.87. The normalized spacial score (nSPS) is 17.9. The van der Waals surface area contributed by atoms with E-state index in [0.717, 1.165) is 22.9 Å². The van der Waals surface area contributed by atoms with Crippen LogP contribution in [0.5, 0.6) is 0 Å². The zero-order valence-electron chi connectivity index (χ0n) is 10.6. The highest BCUT2D eigenvalue weighted by Crippen LogP contribution is 2.27. The van der Waals surface area contributed by atoms with Gasteiger partial charge in [-0.25, -0.2) is 8.42 Å². The van der Waals surface area contributed by atoms with E-state index < -0.39 is 10.0 Å². The molecule has 0 bridgehead atoms. The van der Waals surface area contributed by atoms with Crippen molar-refractivity contribution in [3.63, 3.8) is 0 Å². The first-order valence-electron chi connectivity index (χ1n) is 5.95. The van der Waals surface area contributed by atoms with Crippen molar-refractivity contribution in [2.24, 2.45) is 0 Å². The van der Waals surface area contributed by atoms with Gasteiger partial charge in [-0.1, -0.05) is 4.47 Å². The summed E-state index contributed by atoms with van der Waals surface area (Å²) in [6.45, 7) is 4.38. The quantitative estimate of drug-likeness (QED) is 0.828. The molecule has 0 spiro atoms. The van der Waals surface area contributed by atoms with Gasteiger partial charge in [-0.15, -0.1) is 0 Å². The molecule has 1 fully saturated rings. The first-order chi connectivity index (χ1) is 8.43. The van der Waals surface area contributed by atoms with Gasteiger partial charge in [0.2, 0.25) is 0 Å². The van der Waals surface area contributed by atoms with Crippen LogP contribution in [-0.2, 0) is 14.9 Å². The Labute approximate surface area is 108 Å². The van der Waals surface area contributed by atoms with Crippen LogP contribution >= 0.6 is 0 Å². The number of rotatable bonds is 2. The van der Waals surface area contributed by atoms with Crippen molar-refractivity contribution in [3.05, 3.63) is 23.3 Å². The molecular formula is C12H18N2O3S. The predicted octanol–water partition coefficient (Wildman–Crippen LogP) is 1.60. The Morgan fingerprint density at radius 1 is 1.28 bits per heavy atom. The Hall–Kier alpha value is -1.11. The third-order valence-electron chi connectivity index (χ3n) is 3.06. The molecule has 0 aromatic heterocycles. The van der Waals surface area contributed by atoms with E-state index in [1.807, 2.05) is 6.92 Å². The van der Waals surface area contributed by atoms with E-state index in [1.165, 1.54) is 0 Å². The van der Waals surface area contributed by atoms with Crippen LogP contribution in [0.4, 0.5) is 5.69 Å². The number of benzene rings is 1. The Bertz CT molecular complexity index is 549. The number of anilines is 1. The molecule has 6 heteroatoms. The molecule has 0 atom stereocenters. The Kier molecular flexibility index (Phi) is 3.61. The first-order valence-corrected chi connectivity index (χ1v) is 7.39. The summed E-state index contributed by atoms with van der Waals surface area (Å²) in [7, 11) is -3.61. The van der Waals surface area contributed by atoms with Crippen molar-refractivity contribution in [1.82, 2.24) is 4.47 Å². The van der Waals surface area contributed by atoms with E-state index in [4.69, 9.17) is 10.6 Å². The maximum absolute atomic E-state index is 12.5. The Morgan fingerprint density at radius 3 is 2.61 bits per heavy atom. The lowest BCUT2D eigenvalue weighted by Gasteiger charge is -2.26. The third kappa shape index (κ3) is 2.36. The summed E-state index contributed by atoms with van der Waals surface area (Å²) in [6.07, 6.45) is 1.71. The van der Waals surface area contributed by atoms with Crippen molar-refractivity contribution in [1.29, 1.82) is 0 Å². The zero-order valence-corrected chi connectivity index (χ0v) is 11.5. The fourth-order valence-electron chi connectivity index (χ4n) is 1.99. The van der Waals surface area contributed by atoms with Crippen molar-refractivity contribution in [2.75, 3.05) is 18.9 Å². The van der Waals surface area contributed by atoms with Crippen LogP contribution in [0.3, 0.4) is 0 Å². The van der Waals surface area contributed by atoms with Crippen LogP contribution in [0, 0.1) is 13.8 Å². The summed E-state index contributed by atoms with van der Waals surface area (Å²) >= 11 is 0. The zero-order chi connectivity index (χ0) is 13.3. The van der Waals surface area contributed by atoms with Gasteiger partial charge >= 0.3 is 0 Å². The predicted molar refractivity (Wildman–Crippen MR) is 69.4 cm³/mol.